The number of hydrogen-bond acceptors (Lipinski definition) is 4. The van der Waals surface area contributed by atoms with Gasteiger partial charge in [0.25, 0.3) is 0 Å². The van der Waals surface area contributed by atoms with Gasteiger partial charge in [-0.3, -0.25) is 0 Å². The molecule has 0 fully saturated rings. The van der Waals surface area contributed by atoms with Crippen molar-refractivity contribution < 1.29 is 8.83 Å². The van der Waals surface area contributed by atoms with E-state index in [2.05, 4.69) is 132 Å². The van der Waals surface area contributed by atoms with Crippen LogP contribution in [-0.4, -0.2) is 0 Å². The van der Waals surface area contributed by atoms with Crippen LogP contribution >= 0.6 is 11.3 Å². The highest BCUT2D eigenvalue weighted by atomic mass is 32.1. The molecule has 0 aliphatic rings. The molecule has 0 saturated carbocycles. The van der Waals surface area contributed by atoms with Crippen molar-refractivity contribution in [3.05, 3.63) is 140 Å². The van der Waals surface area contributed by atoms with Gasteiger partial charge in [-0.25, -0.2) is 0 Å². The molecule has 0 amide bonds. The van der Waals surface area contributed by atoms with Crippen LogP contribution in [0.4, 0.5) is 17.1 Å². The zero-order valence-electron chi connectivity index (χ0n) is 23.5. The Morgan fingerprint density at radius 3 is 2.00 bits per heavy atom. The van der Waals surface area contributed by atoms with Crippen LogP contribution in [0.3, 0.4) is 0 Å². The third kappa shape index (κ3) is 3.37. The van der Waals surface area contributed by atoms with Crippen molar-refractivity contribution in [2.75, 3.05) is 4.90 Å². The molecular weight excluding hydrogens is 559 g/mol. The first-order valence-electron chi connectivity index (χ1n) is 14.8. The minimum atomic E-state index is 0.861. The summed E-state index contributed by atoms with van der Waals surface area (Å²) < 4.78 is 15.7. The van der Waals surface area contributed by atoms with Gasteiger partial charge in [-0.05, 0) is 53.9 Å². The maximum Gasteiger partial charge on any atom is 0.159 e. The first-order valence-corrected chi connectivity index (χ1v) is 15.6. The molecule has 3 nitrogen and oxygen atoms in total. The van der Waals surface area contributed by atoms with E-state index in [1.807, 2.05) is 23.5 Å². The highest BCUT2D eigenvalue weighted by molar-refractivity contribution is 7.25. The van der Waals surface area contributed by atoms with E-state index in [-0.39, 0.29) is 0 Å². The highest BCUT2D eigenvalue weighted by Crippen LogP contribution is 2.46. The van der Waals surface area contributed by atoms with Gasteiger partial charge in [0.2, 0.25) is 0 Å². The Morgan fingerprint density at radius 2 is 1.07 bits per heavy atom. The number of furan rings is 2. The van der Waals surface area contributed by atoms with Crippen LogP contribution in [0, 0.1) is 0 Å². The molecule has 44 heavy (non-hydrogen) atoms. The third-order valence-corrected chi connectivity index (χ3v) is 9.98. The van der Waals surface area contributed by atoms with Gasteiger partial charge in [-0.15, -0.1) is 11.3 Å². The van der Waals surface area contributed by atoms with Gasteiger partial charge in [-0.2, -0.15) is 0 Å². The molecule has 0 spiro atoms. The molecule has 10 aromatic rings. The summed E-state index contributed by atoms with van der Waals surface area (Å²) in [7, 11) is 0. The number of hydrogen-bond donors (Lipinski definition) is 0. The van der Waals surface area contributed by atoms with Crippen molar-refractivity contribution in [3.63, 3.8) is 0 Å². The van der Waals surface area contributed by atoms with Crippen LogP contribution in [0.1, 0.15) is 0 Å². The largest absolute Gasteiger partial charge is 0.456 e. The Morgan fingerprint density at radius 1 is 0.409 bits per heavy atom. The molecule has 3 heterocycles. The van der Waals surface area contributed by atoms with Gasteiger partial charge >= 0.3 is 0 Å². The number of para-hydroxylation sites is 2. The zero-order valence-corrected chi connectivity index (χ0v) is 24.3. The molecule has 10 rings (SSSR count). The molecule has 3 aromatic heterocycles. The fraction of sp³-hybridized carbons (Fsp3) is 0. The fourth-order valence-corrected chi connectivity index (χ4v) is 7.96. The van der Waals surface area contributed by atoms with Crippen molar-refractivity contribution in [2.24, 2.45) is 0 Å². The van der Waals surface area contributed by atoms with Crippen LogP contribution in [0.5, 0.6) is 0 Å². The smallest absolute Gasteiger partial charge is 0.159 e. The van der Waals surface area contributed by atoms with Gasteiger partial charge in [0, 0.05) is 58.9 Å². The van der Waals surface area contributed by atoms with E-state index in [0.29, 0.717) is 0 Å². The molecule has 4 heteroatoms. The summed E-state index contributed by atoms with van der Waals surface area (Å²) in [4.78, 5) is 2.31. The molecule has 7 aromatic carbocycles. The van der Waals surface area contributed by atoms with Crippen molar-refractivity contribution >= 4 is 103 Å². The minimum Gasteiger partial charge on any atom is -0.456 e. The molecule has 0 radical (unpaired) electrons. The molecule has 0 N–H and O–H groups in total. The summed E-state index contributed by atoms with van der Waals surface area (Å²) in [5.41, 5.74) is 6.59. The van der Waals surface area contributed by atoms with Crippen LogP contribution in [0.2, 0.25) is 0 Å². The Hall–Kier alpha value is -5.58. The van der Waals surface area contributed by atoms with E-state index in [1.165, 1.54) is 25.6 Å². The van der Waals surface area contributed by atoms with E-state index in [4.69, 9.17) is 8.83 Å². The van der Waals surface area contributed by atoms with Crippen LogP contribution < -0.4 is 4.90 Å². The summed E-state index contributed by atoms with van der Waals surface area (Å²) in [6.07, 6.45) is 0. The van der Waals surface area contributed by atoms with Crippen molar-refractivity contribution in [1.29, 1.82) is 0 Å². The zero-order chi connectivity index (χ0) is 28.8. The summed E-state index contributed by atoms with van der Waals surface area (Å²) in [5.74, 6) is 0. The first-order chi connectivity index (χ1) is 21.8. The van der Waals surface area contributed by atoms with Crippen LogP contribution in [0.25, 0.3) is 74.8 Å². The second-order valence-corrected chi connectivity index (χ2v) is 12.4. The number of anilines is 3. The van der Waals surface area contributed by atoms with E-state index in [9.17, 15) is 0 Å². The summed E-state index contributed by atoms with van der Waals surface area (Å²) in [6, 6.07) is 49.4. The number of benzene rings is 7. The molecule has 0 aliphatic heterocycles. The maximum atomic E-state index is 6.83. The standard InChI is InChI=1S/C40H23NO2S/c1-2-9-27-24(8-1)16-19-33-32-12-7-13-34(40(32)43-39(27)33)41(25-17-20-29-28-10-3-5-14-35(28)42-36(29)22-25)26-18-21-31-30-11-4-6-15-37(30)44-38(31)23-26/h1-23H. The Kier molecular flexibility index (Phi) is 4.87. The lowest BCUT2D eigenvalue weighted by atomic mass is 10.1. The lowest BCUT2D eigenvalue weighted by Gasteiger charge is -2.25. The molecule has 0 atom stereocenters. The average molecular weight is 582 g/mol. The van der Waals surface area contributed by atoms with Crippen molar-refractivity contribution in [1.82, 2.24) is 0 Å². The number of fused-ring (bicyclic) bond motifs is 11. The quantitative estimate of drug-likeness (QED) is 0.208. The van der Waals surface area contributed by atoms with Crippen molar-refractivity contribution in [3.8, 4) is 0 Å². The predicted octanol–water partition coefficient (Wildman–Crippen LogP) is 12.5. The summed E-state index contributed by atoms with van der Waals surface area (Å²) in [5, 5.41) is 9.30. The van der Waals surface area contributed by atoms with E-state index < -0.39 is 0 Å². The maximum absolute atomic E-state index is 6.83. The normalized spacial score (nSPS) is 12.1. The topological polar surface area (TPSA) is 29.5 Å². The monoisotopic (exact) mass is 581 g/mol. The van der Waals surface area contributed by atoms with Gasteiger partial charge in [-0.1, -0.05) is 84.9 Å². The molecule has 0 aliphatic carbocycles. The van der Waals surface area contributed by atoms with Gasteiger partial charge in [0.15, 0.2) is 5.58 Å². The van der Waals surface area contributed by atoms with E-state index in [1.54, 1.807) is 0 Å². The lowest BCUT2D eigenvalue weighted by Crippen LogP contribution is -2.10. The Balaban J connectivity index is 1.27. The molecule has 0 saturated heterocycles. The lowest BCUT2D eigenvalue weighted by molar-refractivity contribution is 0.668. The number of nitrogens with zero attached hydrogens (tertiary/aromatic N) is 1. The number of thiophene rings is 1. The molecule has 206 valence electrons. The Labute approximate surface area is 255 Å². The SMILES string of the molecule is c1ccc2c(c1)ccc1c3cccc(N(c4ccc5c(c4)oc4ccccc45)c4ccc5c(c4)sc4ccccc45)c3oc21. The third-order valence-electron chi connectivity index (χ3n) is 8.85. The number of rotatable bonds is 3. The Bertz CT molecular complexity index is 2630. The molecule has 0 unspecified atom stereocenters. The summed E-state index contributed by atoms with van der Waals surface area (Å²) >= 11 is 1.83. The van der Waals surface area contributed by atoms with Crippen molar-refractivity contribution in [2.45, 2.75) is 0 Å². The van der Waals surface area contributed by atoms with Gasteiger partial charge in [0.05, 0.1) is 11.4 Å². The van der Waals surface area contributed by atoms with E-state index in [0.717, 1.165) is 66.3 Å². The van der Waals surface area contributed by atoms with Gasteiger partial charge in [0.1, 0.15) is 16.7 Å². The minimum absolute atomic E-state index is 0.861. The molecule has 0 bridgehead atoms. The second kappa shape index (κ2) is 8.96. The average Bonchev–Trinajstić information content (AvgIpc) is 3.76. The fourth-order valence-electron chi connectivity index (χ4n) is 6.82. The predicted molar refractivity (Wildman–Crippen MR) is 186 cm³/mol. The van der Waals surface area contributed by atoms with Gasteiger partial charge < -0.3 is 13.7 Å². The second-order valence-electron chi connectivity index (χ2n) is 11.3. The molecular formula is C40H23NO2S. The van der Waals surface area contributed by atoms with Crippen LogP contribution in [-0.2, 0) is 0 Å². The van der Waals surface area contributed by atoms with E-state index >= 15 is 0 Å². The first kappa shape index (κ1) is 23.9. The van der Waals surface area contributed by atoms with Crippen LogP contribution in [0.15, 0.2) is 148 Å². The highest BCUT2D eigenvalue weighted by Gasteiger charge is 2.22. The summed E-state index contributed by atoms with van der Waals surface area (Å²) in [6.45, 7) is 0.